The molecule has 1 aromatic heterocycles. The number of halogens is 1. The number of sulfonamides is 1. The van der Waals surface area contributed by atoms with Crippen molar-refractivity contribution in [2.45, 2.75) is 5.03 Å². The van der Waals surface area contributed by atoms with Crippen LogP contribution in [0, 0.1) is 11.3 Å². The first-order valence-corrected chi connectivity index (χ1v) is 7.00. The summed E-state index contributed by atoms with van der Waals surface area (Å²) >= 11 is 5.90. The van der Waals surface area contributed by atoms with Crippen molar-refractivity contribution < 1.29 is 8.42 Å². The lowest BCUT2D eigenvalue weighted by Crippen LogP contribution is -2.17. The van der Waals surface area contributed by atoms with E-state index in [0.717, 1.165) is 0 Å². The third-order valence-electron chi connectivity index (χ3n) is 2.39. The Morgan fingerprint density at radius 3 is 2.74 bits per heavy atom. The van der Waals surface area contributed by atoms with Gasteiger partial charge in [0.25, 0.3) is 10.0 Å². The van der Waals surface area contributed by atoms with Crippen LogP contribution in [0.4, 0.5) is 5.69 Å². The van der Waals surface area contributed by atoms with Crippen molar-refractivity contribution in [3.8, 4) is 6.07 Å². The Morgan fingerprint density at radius 2 is 2.16 bits per heavy atom. The van der Waals surface area contributed by atoms with E-state index >= 15 is 0 Å². The fourth-order valence-corrected chi connectivity index (χ4v) is 2.91. The summed E-state index contributed by atoms with van der Waals surface area (Å²) < 4.78 is 27.8. The third-order valence-corrected chi connectivity index (χ3v) is 4.16. The van der Waals surface area contributed by atoms with Gasteiger partial charge in [-0.05, 0) is 24.3 Å². The SMILES string of the molecule is Cn1nccc1S(=O)(=O)Nc1cc(C#N)ccc1Cl. The maximum Gasteiger partial charge on any atom is 0.279 e. The molecule has 0 bridgehead atoms. The molecule has 1 N–H and O–H groups in total. The number of anilines is 1. The Balaban J connectivity index is 2.42. The summed E-state index contributed by atoms with van der Waals surface area (Å²) in [6.07, 6.45) is 1.38. The minimum atomic E-state index is -3.79. The molecule has 0 unspecified atom stereocenters. The van der Waals surface area contributed by atoms with Crippen LogP contribution < -0.4 is 4.72 Å². The molecule has 1 heterocycles. The van der Waals surface area contributed by atoms with Gasteiger partial charge in [0.2, 0.25) is 0 Å². The first kappa shape index (κ1) is 13.4. The average molecular weight is 297 g/mol. The lowest BCUT2D eigenvalue weighted by Gasteiger charge is -2.09. The highest BCUT2D eigenvalue weighted by Crippen LogP contribution is 2.25. The van der Waals surface area contributed by atoms with Gasteiger partial charge in [-0.25, -0.2) is 0 Å². The second-order valence-corrected chi connectivity index (χ2v) is 5.74. The van der Waals surface area contributed by atoms with Gasteiger partial charge in [0.15, 0.2) is 5.03 Å². The molecule has 0 atom stereocenters. The molecule has 0 aliphatic carbocycles. The predicted molar refractivity (Wildman–Crippen MR) is 70.2 cm³/mol. The fraction of sp³-hybridized carbons (Fsp3) is 0.0909. The van der Waals surface area contributed by atoms with E-state index in [1.165, 1.54) is 42.2 Å². The van der Waals surface area contributed by atoms with Gasteiger partial charge >= 0.3 is 0 Å². The standard InChI is InChI=1S/C11H9ClN4O2S/c1-16-11(4-5-14-16)19(17,18)15-10-6-8(7-13)2-3-9(10)12/h2-6,15H,1H3. The highest BCUT2D eigenvalue weighted by atomic mass is 35.5. The summed E-state index contributed by atoms with van der Waals surface area (Å²) in [5.41, 5.74) is 0.467. The van der Waals surface area contributed by atoms with Gasteiger partial charge in [0, 0.05) is 7.05 Å². The van der Waals surface area contributed by atoms with Crippen LogP contribution in [0.2, 0.25) is 5.02 Å². The maximum absolute atomic E-state index is 12.1. The van der Waals surface area contributed by atoms with Gasteiger partial charge in [-0.3, -0.25) is 9.40 Å². The summed E-state index contributed by atoms with van der Waals surface area (Å²) in [5, 5.41) is 12.8. The molecule has 2 aromatic rings. The zero-order chi connectivity index (χ0) is 14.0. The lowest BCUT2D eigenvalue weighted by molar-refractivity contribution is 0.582. The van der Waals surface area contributed by atoms with Crippen LogP contribution in [0.5, 0.6) is 0 Å². The molecule has 8 heteroatoms. The number of nitrogens with zero attached hydrogens (tertiary/aromatic N) is 3. The number of nitrogens with one attached hydrogen (secondary N) is 1. The van der Waals surface area contributed by atoms with E-state index in [0.29, 0.717) is 5.56 Å². The third kappa shape index (κ3) is 2.70. The van der Waals surface area contributed by atoms with Crippen LogP contribution in [0.3, 0.4) is 0 Å². The predicted octanol–water partition coefficient (Wildman–Crippen LogP) is 1.75. The Morgan fingerprint density at radius 1 is 1.42 bits per heavy atom. The molecule has 0 amide bonds. The Hall–Kier alpha value is -2.04. The van der Waals surface area contributed by atoms with Gasteiger partial charge in [-0.1, -0.05) is 11.6 Å². The topological polar surface area (TPSA) is 87.8 Å². The Labute approximate surface area is 115 Å². The smallest absolute Gasteiger partial charge is 0.277 e. The van der Waals surface area contributed by atoms with Crippen LogP contribution >= 0.6 is 11.6 Å². The molecule has 19 heavy (non-hydrogen) atoms. The van der Waals surface area contributed by atoms with Crippen LogP contribution in [-0.2, 0) is 17.1 Å². The summed E-state index contributed by atoms with van der Waals surface area (Å²) in [6, 6.07) is 7.62. The summed E-state index contributed by atoms with van der Waals surface area (Å²) in [5.74, 6) is 0. The zero-order valence-electron chi connectivity index (χ0n) is 9.83. The van der Waals surface area contributed by atoms with E-state index in [2.05, 4.69) is 9.82 Å². The summed E-state index contributed by atoms with van der Waals surface area (Å²) in [6.45, 7) is 0. The van der Waals surface area contributed by atoms with Crippen LogP contribution in [0.1, 0.15) is 5.56 Å². The molecule has 1 aromatic carbocycles. The molecule has 0 fully saturated rings. The van der Waals surface area contributed by atoms with E-state index in [4.69, 9.17) is 16.9 Å². The second kappa shape index (κ2) is 4.91. The van der Waals surface area contributed by atoms with E-state index in [9.17, 15) is 8.42 Å². The van der Waals surface area contributed by atoms with Crippen molar-refractivity contribution in [1.82, 2.24) is 9.78 Å². The molecule has 0 radical (unpaired) electrons. The Kier molecular flexibility index (Phi) is 3.46. The van der Waals surface area contributed by atoms with Crippen molar-refractivity contribution in [2.75, 3.05) is 4.72 Å². The maximum atomic E-state index is 12.1. The van der Waals surface area contributed by atoms with Crippen molar-refractivity contribution in [1.29, 1.82) is 5.26 Å². The van der Waals surface area contributed by atoms with Crippen LogP contribution in [-0.4, -0.2) is 18.2 Å². The van der Waals surface area contributed by atoms with Gasteiger partial charge in [-0.15, -0.1) is 0 Å². The van der Waals surface area contributed by atoms with Crippen LogP contribution in [0.15, 0.2) is 35.5 Å². The van der Waals surface area contributed by atoms with Gasteiger partial charge < -0.3 is 0 Å². The van der Waals surface area contributed by atoms with Crippen molar-refractivity contribution >= 4 is 27.3 Å². The molecule has 0 aliphatic rings. The van der Waals surface area contributed by atoms with E-state index < -0.39 is 10.0 Å². The fourth-order valence-electron chi connectivity index (χ4n) is 1.50. The van der Waals surface area contributed by atoms with E-state index in [-0.39, 0.29) is 15.7 Å². The van der Waals surface area contributed by atoms with Crippen molar-refractivity contribution in [2.24, 2.45) is 7.05 Å². The minimum Gasteiger partial charge on any atom is -0.277 e. The highest BCUT2D eigenvalue weighted by Gasteiger charge is 2.19. The van der Waals surface area contributed by atoms with Gasteiger partial charge in [0.05, 0.1) is 28.5 Å². The number of rotatable bonds is 3. The Bertz CT molecular complexity index is 761. The number of aryl methyl sites for hydroxylation is 1. The number of hydrogen-bond acceptors (Lipinski definition) is 4. The van der Waals surface area contributed by atoms with E-state index in [1.807, 2.05) is 6.07 Å². The van der Waals surface area contributed by atoms with Crippen LogP contribution in [0.25, 0.3) is 0 Å². The molecular formula is C11H9ClN4O2S. The number of hydrogen-bond donors (Lipinski definition) is 1. The largest absolute Gasteiger partial charge is 0.279 e. The van der Waals surface area contributed by atoms with Gasteiger partial charge in [0.1, 0.15) is 0 Å². The normalized spacial score (nSPS) is 11.0. The average Bonchev–Trinajstić information content (AvgIpc) is 2.79. The number of aromatic nitrogens is 2. The monoisotopic (exact) mass is 296 g/mol. The molecule has 0 saturated heterocycles. The minimum absolute atomic E-state index is 0.00549. The molecule has 0 aliphatic heterocycles. The van der Waals surface area contributed by atoms with Gasteiger partial charge in [-0.2, -0.15) is 18.8 Å². The molecule has 6 nitrogen and oxygen atoms in total. The van der Waals surface area contributed by atoms with Crippen molar-refractivity contribution in [3.05, 3.63) is 41.0 Å². The summed E-state index contributed by atoms with van der Waals surface area (Å²) in [4.78, 5) is 0. The molecular weight excluding hydrogens is 288 g/mol. The first-order valence-electron chi connectivity index (χ1n) is 5.14. The molecule has 0 spiro atoms. The molecule has 98 valence electrons. The lowest BCUT2D eigenvalue weighted by atomic mass is 10.2. The van der Waals surface area contributed by atoms with E-state index in [1.54, 1.807) is 0 Å². The summed E-state index contributed by atoms with van der Waals surface area (Å²) in [7, 11) is -2.28. The highest BCUT2D eigenvalue weighted by molar-refractivity contribution is 7.92. The number of benzene rings is 1. The molecule has 0 saturated carbocycles. The first-order chi connectivity index (χ1) is 8.94. The molecule has 2 rings (SSSR count). The quantitative estimate of drug-likeness (QED) is 0.934. The zero-order valence-corrected chi connectivity index (χ0v) is 11.4. The second-order valence-electron chi connectivity index (χ2n) is 3.70. The van der Waals surface area contributed by atoms with Crippen molar-refractivity contribution in [3.63, 3.8) is 0 Å². The number of nitriles is 1.